The zero-order valence-electron chi connectivity index (χ0n) is 13.0. The summed E-state index contributed by atoms with van der Waals surface area (Å²) in [4.78, 5) is 12.8. The third-order valence-electron chi connectivity index (χ3n) is 5.70. The third-order valence-corrected chi connectivity index (χ3v) is 5.70. The topological polar surface area (TPSA) is 96.2 Å². The largest absolute Gasteiger partial charge is 0.457 e. The van der Waals surface area contributed by atoms with E-state index in [0.29, 0.717) is 6.42 Å². The Morgan fingerprint density at radius 2 is 1.80 bits per heavy atom. The summed E-state index contributed by atoms with van der Waals surface area (Å²) in [5.74, 6) is -0.253. The molecule has 4 N–H and O–H groups in total. The van der Waals surface area contributed by atoms with E-state index in [4.69, 9.17) is 10.5 Å². The second-order valence-electron chi connectivity index (χ2n) is 7.70. The standard InChI is InChI=1S/C15H27N3O2/c1-5-14(16,15-10(17-15)18-15)11(19)20-13(12(2,3)4)8-6-7-9-13/h10,17-18H,5-9,16H2,1-4H3. The van der Waals surface area contributed by atoms with Gasteiger partial charge in [0.2, 0.25) is 0 Å². The monoisotopic (exact) mass is 281 g/mol. The van der Waals surface area contributed by atoms with Crippen molar-refractivity contribution in [1.29, 1.82) is 0 Å². The molecule has 0 bridgehead atoms. The minimum absolute atomic E-state index is 0.0567. The molecule has 3 aliphatic rings. The lowest BCUT2D eigenvalue weighted by Crippen LogP contribution is -2.63. The number of nitrogens with one attached hydrogen (secondary N) is 2. The normalized spacial score (nSPS) is 37.0. The molecule has 0 radical (unpaired) electrons. The predicted molar refractivity (Wildman–Crippen MR) is 76.7 cm³/mol. The van der Waals surface area contributed by atoms with E-state index in [0.717, 1.165) is 25.7 Å². The Labute approximate surface area is 121 Å². The highest BCUT2D eigenvalue weighted by Crippen LogP contribution is 2.51. The molecule has 20 heavy (non-hydrogen) atoms. The molecule has 3 rings (SSSR count). The van der Waals surface area contributed by atoms with Crippen LogP contribution in [0.1, 0.15) is 59.8 Å². The molecule has 0 aromatic carbocycles. The predicted octanol–water partition coefficient (Wildman–Crippen LogP) is 1.22. The Kier molecular flexibility index (Phi) is 2.83. The summed E-state index contributed by atoms with van der Waals surface area (Å²) in [7, 11) is 0. The van der Waals surface area contributed by atoms with Crippen molar-refractivity contribution in [1.82, 2.24) is 10.6 Å². The van der Waals surface area contributed by atoms with Gasteiger partial charge in [-0.1, -0.05) is 27.7 Å². The van der Waals surface area contributed by atoms with Gasteiger partial charge in [0.1, 0.15) is 16.8 Å². The maximum absolute atomic E-state index is 12.8. The molecular weight excluding hydrogens is 254 g/mol. The second-order valence-corrected chi connectivity index (χ2v) is 7.70. The fraction of sp³-hybridized carbons (Fsp3) is 0.933. The molecule has 0 amide bonds. The van der Waals surface area contributed by atoms with Gasteiger partial charge in [-0.25, -0.2) is 4.79 Å². The third kappa shape index (κ3) is 1.69. The molecule has 2 heterocycles. The maximum Gasteiger partial charge on any atom is 0.330 e. The van der Waals surface area contributed by atoms with Gasteiger partial charge in [0.15, 0.2) is 0 Å². The highest BCUT2D eigenvalue weighted by atomic mass is 16.6. The van der Waals surface area contributed by atoms with E-state index in [9.17, 15) is 4.79 Å². The first kappa shape index (κ1) is 14.3. The summed E-state index contributed by atoms with van der Waals surface area (Å²) in [5, 5.41) is 6.44. The average Bonchev–Trinajstić information content (AvgIpc) is 3.16. The number of ether oxygens (including phenoxy) is 1. The number of fused-ring (bicyclic) bond motifs is 1. The van der Waals surface area contributed by atoms with Gasteiger partial charge >= 0.3 is 5.97 Å². The van der Waals surface area contributed by atoms with Gasteiger partial charge in [-0.2, -0.15) is 0 Å². The lowest BCUT2D eigenvalue weighted by atomic mass is 9.75. The van der Waals surface area contributed by atoms with Crippen LogP contribution in [0.5, 0.6) is 0 Å². The van der Waals surface area contributed by atoms with Gasteiger partial charge in [-0.05, 0) is 32.1 Å². The minimum atomic E-state index is -0.960. The van der Waals surface area contributed by atoms with E-state index in [1.165, 1.54) is 0 Å². The van der Waals surface area contributed by atoms with Crippen molar-refractivity contribution in [3.63, 3.8) is 0 Å². The first-order valence-electron chi connectivity index (χ1n) is 7.78. The molecule has 0 aromatic rings. The highest BCUT2D eigenvalue weighted by molar-refractivity contribution is 5.85. The summed E-state index contributed by atoms with van der Waals surface area (Å²) in [6.45, 7) is 8.41. The van der Waals surface area contributed by atoms with E-state index in [-0.39, 0.29) is 23.2 Å². The van der Waals surface area contributed by atoms with Crippen LogP contribution in [0.4, 0.5) is 0 Å². The summed E-state index contributed by atoms with van der Waals surface area (Å²) in [5.41, 5.74) is 4.63. The van der Waals surface area contributed by atoms with Crippen molar-refractivity contribution < 1.29 is 9.53 Å². The van der Waals surface area contributed by atoms with E-state index >= 15 is 0 Å². The number of rotatable bonds is 4. The fourth-order valence-corrected chi connectivity index (χ4v) is 3.69. The van der Waals surface area contributed by atoms with Crippen LogP contribution in [-0.2, 0) is 9.53 Å². The van der Waals surface area contributed by atoms with Crippen LogP contribution in [0.15, 0.2) is 0 Å². The summed E-state index contributed by atoms with van der Waals surface area (Å²) in [6.07, 6.45) is 4.91. The van der Waals surface area contributed by atoms with Crippen LogP contribution in [0.2, 0.25) is 0 Å². The molecule has 2 aliphatic heterocycles. The van der Waals surface area contributed by atoms with E-state index in [1.54, 1.807) is 0 Å². The molecule has 114 valence electrons. The molecule has 1 aliphatic carbocycles. The molecular formula is C15H27N3O2. The Bertz CT molecular complexity index is 431. The van der Waals surface area contributed by atoms with Gasteiger partial charge in [-0.15, -0.1) is 0 Å². The first-order chi connectivity index (χ1) is 9.21. The number of hydrogen-bond acceptors (Lipinski definition) is 5. The molecule has 0 aromatic heterocycles. The van der Waals surface area contributed by atoms with Gasteiger partial charge in [0.05, 0.1) is 6.17 Å². The molecule has 3 fully saturated rings. The van der Waals surface area contributed by atoms with Crippen molar-refractivity contribution in [2.45, 2.75) is 82.8 Å². The smallest absolute Gasteiger partial charge is 0.330 e. The first-order valence-corrected chi connectivity index (χ1v) is 7.78. The van der Waals surface area contributed by atoms with Gasteiger partial charge in [0.25, 0.3) is 0 Å². The number of nitrogens with two attached hydrogens (primary N) is 1. The van der Waals surface area contributed by atoms with Crippen LogP contribution >= 0.6 is 0 Å². The SMILES string of the molecule is CCC(N)(C(=O)OC1(C(C)(C)C)CCCC1)C12NC1N2. The van der Waals surface area contributed by atoms with Crippen LogP contribution in [0.3, 0.4) is 0 Å². The minimum Gasteiger partial charge on any atom is -0.457 e. The van der Waals surface area contributed by atoms with Gasteiger partial charge < -0.3 is 10.5 Å². The fourth-order valence-electron chi connectivity index (χ4n) is 3.69. The summed E-state index contributed by atoms with van der Waals surface area (Å²) < 4.78 is 6.07. The Balaban J connectivity index is 1.80. The van der Waals surface area contributed by atoms with Crippen LogP contribution < -0.4 is 16.4 Å². The highest BCUT2D eigenvalue weighted by Gasteiger charge is 2.81. The molecule has 5 nitrogen and oxygen atoms in total. The Morgan fingerprint density at radius 3 is 2.15 bits per heavy atom. The quantitative estimate of drug-likeness (QED) is 0.532. The molecule has 0 spiro atoms. The van der Waals surface area contributed by atoms with E-state index in [1.807, 2.05) is 6.92 Å². The molecule has 1 saturated carbocycles. The van der Waals surface area contributed by atoms with Crippen molar-refractivity contribution in [3.8, 4) is 0 Å². The summed E-state index contributed by atoms with van der Waals surface area (Å²) >= 11 is 0. The number of carbonyl (C=O) groups excluding carboxylic acids is 1. The second kappa shape index (κ2) is 3.96. The Hall–Kier alpha value is -0.650. The van der Waals surface area contributed by atoms with Crippen LogP contribution in [0, 0.1) is 5.41 Å². The van der Waals surface area contributed by atoms with Gasteiger partial charge in [0, 0.05) is 5.41 Å². The van der Waals surface area contributed by atoms with E-state index in [2.05, 4.69) is 31.4 Å². The Morgan fingerprint density at radius 1 is 1.30 bits per heavy atom. The average molecular weight is 281 g/mol. The molecule has 1 atom stereocenters. The number of esters is 1. The van der Waals surface area contributed by atoms with E-state index < -0.39 is 11.2 Å². The van der Waals surface area contributed by atoms with Crippen molar-refractivity contribution in [3.05, 3.63) is 0 Å². The lowest BCUT2D eigenvalue weighted by molar-refractivity contribution is -0.180. The zero-order chi connectivity index (χ0) is 14.8. The molecule has 1 unspecified atom stereocenters. The zero-order valence-corrected chi connectivity index (χ0v) is 13.0. The van der Waals surface area contributed by atoms with Crippen molar-refractivity contribution in [2.24, 2.45) is 11.1 Å². The lowest BCUT2D eigenvalue weighted by Gasteiger charge is -2.43. The van der Waals surface area contributed by atoms with Crippen molar-refractivity contribution >= 4 is 5.97 Å². The van der Waals surface area contributed by atoms with Crippen LogP contribution in [0.25, 0.3) is 0 Å². The van der Waals surface area contributed by atoms with Gasteiger partial charge in [-0.3, -0.25) is 10.6 Å². The molecule has 5 heteroatoms. The maximum atomic E-state index is 12.8. The number of carbonyl (C=O) groups is 1. The van der Waals surface area contributed by atoms with Crippen molar-refractivity contribution in [2.75, 3.05) is 0 Å². The summed E-state index contributed by atoms with van der Waals surface area (Å²) in [6, 6.07) is 0. The van der Waals surface area contributed by atoms with Crippen LogP contribution in [-0.4, -0.2) is 28.9 Å². The molecule has 2 saturated heterocycles. The number of hydrogen-bond donors (Lipinski definition) is 3.